The molecule has 0 saturated heterocycles. The molecule has 6 nitrogen and oxygen atoms in total. The third-order valence-corrected chi connectivity index (χ3v) is 6.48. The lowest BCUT2D eigenvalue weighted by Gasteiger charge is -2.41. The summed E-state index contributed by atoms with van der Waals surface area (Å²) in [6.45, 7) is 6.47. The van der Waals surface area contributed by atoms with Crippen LogP contribution in [0.4, 0.5) is 0 Å². The number of fused-ring (bicyclic) bond motifs is 5. The highest BCUT2D eigenvalue weighted by atomic mass is 16.7. The Morgan fingerprint density at radius 3 is 2.90 bits per heavy atom. The van der Waals surface area contributed by atoms with Crippen molar-refractivity contribution in [1.82, 2.24) is 9.55 Å². The normalized spacial score (nSPS) is 23.1. The predicted molar refractivity (Wildman–Crippen MR) is 114 cm³/mol. The van der Waals surface area contributed by atoms with Gasteiger partial charge in [-0.05, 0) is 38.0 Å². The number of hydrogen-bond donors (Lipinski definition) is 1. The molecular formula is C24H26N2O4. The molecule has 0 aliphatic carbocycles. The topological polar surface area (TPSA) is 73.6 Å². The SMILES string of the molecule is CCC(C)O[C@@H]1OCc2c(cc3n(c2=O)Cc2cc4ccccc4nc2-3)[C@@]1(O)CC. The third kappa shape index (κ3) is 2.75. The van der Waals surface area contributed by atoms with Crippen LogP contribution in [0.3, 0.4) is 0 Å². The first-order chi connectivity index (χ1) is 14.5. The Morgan fingerprint density at radius 1 is 1.33 bits per heavy atom. The zero-order valence-electron chi connectivity index (χ0n) is 17.5. The quantitative estimate of drug-likeness (QED) is 0.560. The summed E-state index contributed by atoms with van der Waals surface area (Å²) in [6, 6.07) is 12.0. The molecule has 2 aliphatic heterocycles. The number of nitrogens with zero attached hydrogens (tertiary/aromatic N) is 2. The average molecular weight is 406 g/mol. The summed E-state index contributed by atoms with van der Waals surface area (Å²) in [4.78, 5) is 18.2. The van der Waals surface area contributed by atoms with E-state index in [1.165, 1.54) is 0 Å². The Morgan fingerprint density at radius 2 is 2.13 bits per heavy atom. The Labute approximate surface area is 175 Å². The maximum Gasteiger partial charge on any atom is 0.257 e. The molecule has 156 valence electrons. The zero-order valence-corrected chi connectivity index (χ0v) is 17.5. The Hall–Kier alpha value is -2.54. The van der Waals surface area contributed by atoms with E-state index in [0.29, 0.717) is 24.1 Å². The van der Waals surface area contributed by atoms with Crippen molar-refractivity contribution in [2.75, 3.05) is 0 Å². The Balaban J connectivity index is 1.68. The smallest absolute Gasteiger partial charge is 0.257 e. The first-order valence-corrected chi connectivity index (χ1v) is 10.6. The lowest BCUT2D eigenvalue weighted by atomic mass is 9.85. The molecule has 0 saturated carbocycles. The molecule has 2 aliphatic rings. The summed E-state index contributed by atoms with van der Waals surface area (Å²) in [5, 5.41) is 12.6. The van der Waals surface area contributed by atoms with Gasteiger partial charge in [0.2, 0.25) is 0 Å². The molecule has 3 atom stereocenters. The fourth-order valence-electron chi connectivity index (χ4n) is 4.48. The van der Waals surface area contributed by atoms with Crippen molar-refractivity contribution < 1.29 is 14.6 Å². The van der Waals surface area contributed by atoms with E-state index in [1.807, 2.05) is 51.1 Å². The molecule has 1 unspecified atom stereocenters. The number of ether oxygens (including phenoxy) is 2. The molecule has 2 aromatic heterocycles. The fourth-order valence-corrected chi connectivity index (χ4v) is 4.48. The van der Waals surface area contributed by atoms with Crippen LogP contribution in [0.2, 0.25) is 0 Å². The minimum Gasteiger partial charge on any atom is -0.380 e. The van der Waals surface area contributed by atoms with E-state index in [9.17, 15) is 9.90 Å². The molecule has 1 N–H and O–H groups in total. The first-order valence-electron chi connectivity index (χ1n) is 10.6. The molecule has 0 bridgehead atoms. The maximum atomic E-state index is 13.4. The molecular weight excluding hydrogens is 380 g/mol. The lowest BCUT2D eigenvalue weighted by molar-refractivity contribution is -0.274. The maximum absolute atomic E-state index is 13.4. The van der Waals surface area contributed by atoms with Crippen molar-refractivity contribution in [2.45, 2.75) is 64.8 Å². The summed E-state index contributed by atoms with van der Waals surface area (Å²) < 4.78 is 13.6. The molecule has 0 fully saturated rings. The largest absolute Gasteiger partial charge is 0.380 e. The van der Waals surface area contributed by atoms with Crippen molar-refractivity contribution >= 4 is 10.9 Å². The number of para-hydroxylation sites is 1. The van der Waals surface area contributed by atoms with Gasteiger partial charge in [0.25, 0.3) is 5.56 Å². The van der Waals surface area contributed by atoms with Gasteiger partial charge in [0.05, 0.1) is 36.2 Å². The van der Waals surface area contributed by atoms with E-state index in [4.69, 9.17) is 14.5 Å². The standard InChI is InChI=1S/C24H26N2O4/c1-4-14(3)30-23-24(28,5-2)18-11-20-21-16(10-15-8-6-7-9-19(15)25-21)12-26(20)22(27)17(18)13-29-23/h6-11,14,23,28H,4-5,12-13H2,1-3H3/t14?,23-,24-/m0/s1. The molecule has 5 rings (SSSR count). The number of pyridine rings is 2. The second kappa shape index (κ2) is 7.01. The van der Waals surface area contributed by atoms with Crippen molar-refractivity contribution in [3.05, 3.63) is 63.4 Å². The van der Waals surface area contributed by atoms with Gasteiger partial charge in [0, 0.05) is 22.1 Å². The van der Waals surface area contributed by atoms with E-state index in [-0.39, 0.29) is 18.3 Å². The molecule has 1 aromatic carbocycles. The number of rotatable bonds is 4. The summed E-state index contributed by atoms with van der Waals surface area (Å²) in [5.74, 6) is 0. The molecule has 6 heteroatoms. The second-order valence-corrected chi connectivity index (χ2v) is 8.28. The van der Waals surface area contributed by atoms with Gasteiger partial charge in [0.15, 0.2) is 6.29 Å². The van der Waals surface area contributed by atoms with Crippen molar-refractivity contribution in [3.8, 4) is 11.4 Å². The highest BCUT2D eigenvalue weighted by molar-refractivity contribution is 5.84. The molecule has 30 heavy (non-hydrogen) atoms. The van der Waals surface area contributed by atoms with E-state index >= 15 is 0 Å². The lowest BCUT2D eigenvalue weighted by Crippen LogP contribution is -2.49. The van der Waals surface area contributed by atoms with Crippen LogP contribution in [0.1, 0.15) is 50.3 Å². The van der Waals surface area contributed by atoms with Crippen LogP contribution in [-0.2, 0) is 28.2 Å². The van der Waals surface area contributed by atoms with E-state index in [0.717, 1.165) is 34.3 Å². The Kier molecular flexibility index (Phi) is 4.54. The zero-order chi connectivity index (χ0) is 21.0. The number of aromatic nitrogens is 2. The van der Waals surface area contributed by atoms with Crippen molar-refractivity contribution in [2.24, 2.45) is 0 Å². The van der Waals surface area contributed by atoms with Gasteiger partial charge in [-0.15, -0.1) is 0 Å². The molecule has 0 radical (unpaired) electrons. The van der Waals surface area contributed by atoms with Crippen LogP contribution >= 0.6 is 0 Å². The van der Waals surface area contributed by atoms with Crippen LogP contribution in [0.15, 0.2) is 41.2 Å². The minimum atomic E-state index is -1.38. The molecule has 3 aromatic rings. The number of aliphatic hydroxyl groups is 1. The average Bonchev–Trinajstić information content (AvgIpc) is 3.12. The van der Waals surface area contributed by atoms with Crippen molar-refractivity contribution in [1.29, 1.82) is 0 Å². The fraction of sp³-hybridized carbons (Fsp3) is 0.417. The monoisotopic (exact) mass is 406 g/mol. The second-order valence-electron chi connectivity index (χ2n) is 8.28. The highest BCUT2D eigenvalue weighted by Crippen LogP contribution is 2.41. The van der Waals surface area contributed by atoms with Gasteiger partial charge in [-0.1, -0.05) is 32.0 Å². The van der Waals surface area contributed by atoms with Gasteiger partial charge in [-0.25, -0.2) is 4.98 Å². The third-order valence-electron chi connectivity index (χ3n) is 6.48. The van der Waals surface area contributed by atoms with Crippen LogP contribution < -0.4 is 5.56 Å². The first kappa shape index (κ1) is 19.4. The molecule has 4 heterocycles. The molecule has 0 spiro atoms. The van der Waals surface area contributed by atoms with E-state index in [2.05, 4.69) is 6.07 Å². The summed E-state index contributed by atoms with van der Waals surface area (Å²) in [5.41, 5.74) is 3.05. The van der Waals surface area contributed by atoms with Gasteiger partial charge < -0.3 is 19.1 Å². The Bertz CT molecular complexity index is 1200. The molecule has 0 amide bonds. The van der Waals surface area contributed by atoms with Gasteiger partial charge in [0.1, 0.15) is 5.60 Å². The van der Waals surface area contributed by atoms with Crippen LogP contribution in [0.25, 0.3) is 22.3 Å². The van der Waals surface area contributed by atoms with Crippen molar-refractivity contribution in [3.63, 3.8) is 0 Å². The van der Waals surface area contributed by atoms with E-state index in [1.54, 1.807) is 4.57 Å². The van der Waals surface area contributed by atoms with Crippen LogP contribution in [0, 0.1) is 0 Å². The summed E-state index contributed by atoms with van der Waals surface area (Å²) >= 11 is 0. The number of benzene rings is 1. The summed E-state index contributed by atoms with van der Waals surface area (Å²) in [7, 11) is 0. The van der Waals surface area contributed by atoms with Gasteiger partial charge >= 0.3 is 0 Å². The van der Waals surface area contributed by atoms with Crippen LogP contribution in [0.5, 0.6) is 0 Å². The predicted octanol–water partition coefficient (Wildman–Crippen LogP) is 3.69. The minimum absolute atomic E-state index is 0.0566. The van der Waals surface area contributed by atoms with E-state index < -0.39 is 11.9 Å². The highest BCUT2D eigenvalue weighted by Gasteiger charge is 2.46. The summed E-state index contributed by atoms with van der Waals surface area (Å²) in [6.07, 6.45) is 0.322. The van der Waals surface area contributed by atoms with Gasteiger partial charge in [-0.3, -0.25) is 4.79 Å². The van der Waals surface area contributed by atoms with Crippen LogP contribution in [-0.4, -0.2) is 27.1 Å². The van der Waals surface area contributed by atoms with Gasteiger partial charge in [-0.2, -0.15) is 0 Å². The number of hydrogen-bond acceptors (Lipinski definition) is 5.